The highest BCUT2D eigenvalue weighted by Crippen LogP contribution is 2.58. The second-order valence-electron chi connectivity index (χ2n) is 8.15. The largest absolute Gasteiger partial charge is 0.493 e. The fourth-order valence-corrected chi connectivity index (χ4v) is 4.31. The fraction of sp³-hybridized carbons (Fsp3) is 0.478. The van der Waals surface area contributed by atoms with Crippen molar-refractivity contribution < 1.29 is 14.3 Å². The van der Waals surface area contributed by atoms with Gasteiger partial charge in [0.05, 0.1) is 13.2 Å². The third kappa shape index (κ3) is 5.82. The van der Waals surface area contributed by atoms with Crippen LogP contribution >= 0.6 is 24.8 Å². The molecule has 4 rings (SSSR count). The van der Waals surface area contributed by atoms with E-state index in [1.807, 2.05) is 37.3 Å². The van der Waals surface area contributed by atoms with Crippen molar-refractivity contribution in [3.05, 3.63) is 53.9 Å². The summed E-state index contributed by atoms with van der Waals surface area (Å²) in [5.41, 5.74) is 2.30. The summed E-state index contributed by atoms with van der Waals surface area (Å²) in [6.07, 6.45) is 6.74. The smallest absolute Gasteiger partial charge is 0.224 e. The Hall–Kier alpha value is -2.02. The van der Waals surface area contributed by atoms with E-state index in [0.29, 0.717) is 18.1 Å². The first-order valence-corrected chi connectivity index (χ1v) is 10.3. The summed E-state index contributed by atoms with van der Waals surface area (Å²) in [5, 5.41) is 6.58. The Balaban J connectivity index is 0.00000171. The lowest BCUT2D eigenvalue weighted by atomic mass is 9.91. The maximum absolute atomic E-state index is 12.8. The molecule has 1 spiro atoms. The molecule has 2 N–H and O–H groups in total. The first-order chi connectivity index (χ1) is 14.1. The van der Waals surface area contributed by atoms with Crippen molar-refractivity contribution in [2.24, 2.45) is 11.3 Å². The van der Waals surface area contributed by atoms with Gasteiger partial charge >= 0.3 is 0 Å². The highest BCUT2D eigenvalue weighted by atomic mass is 35.5. The van der Waals surface area contributed by atoms with Crippen molar-refractivity contribution in [1.82, 2.24) is 15.6 Å². The normalized spacial score (nSPS) is 19.4. The predicted molar refractivity (Wildman–Crippen MR) is 125 cm³/mol. The molecule has 1 amide bonds. The molecule has 2 aromatic rings. The van der Waals surface area contributed by atoms with Crippen molar-refractivity contribution in [1.29, 1.82) is 0 Å². The molecule has 1 aromatic heterocycles. The van der Waals surface area contributed by atoms with Crippen molar-refractivity contribution in [2.75, 3.05) is 20.2 Å². The van der Waals surface area contributed by atoms with E-state index < -0.39 is 0 Å². The maximum Gasteiger partial charge on any atom is 0.224 e. The molecule has 1 aliphatic heterocycles. The number of carbonyl (C=O) groups excluding carboxylic acids is 1. The van der Waals surface area contributed by atoms with Crippen molar-refractivity contribution in [3.63, 3.8) is 0 Å². The number of rotatable bonds is 7. The average molecular weight is 468 g/mol. The van der Waals surface area contributed by atoms with Gasteiger partial charge in [-0.05, 0) is 80.1 Å². The lowest BCUT2D eigenvalue weighted by Gasteiger charge is -2.24. The monoisotopic (exact) mass is 467 g/mol. The van der Waals surface area contributed by atoms with Crippen molar-refractivity contribution >= 4 is 30.7 Å². The van der Waals surface area contributed by atoms with Gasteiger partial charge in [-0.3, -0.25) is 9.78 Å². The number of carbonyl (C=O) groups is 1. The van der Waals surface area contributed by atoms with Gasteiger partial charge in [0.15, 0.2) is 11.5 Å². The van der Waals surface area contributed by atoms with Gasteiger partial charge < -0.3 is 20.1 Å². The van der Waals surface area contributed by atoms with Crippen molar-refractivity contribution in [2.45, 2.75) is 38.8 Å². The number of amides is 1. The molecule has 1 saturated carbocycles. The van der Waals surface area contributed by atoms with E-state index in [1.54, 1.807) is 19.5 Å². The molecule has 170 valence electrons. The zero-order valence-corrected chi connectivity index (χ0v) is 19.6. The van der Waals surface area contributed by atoms with E-state index in [0.717, 1.165) is 43.5 Å². The Morgan fingerprint density at radius 2 is 1.90 bits per heavy atom. The lowest BCUT2D eigenvalue weighted by molar-refractivity contribution is -0.123. The van der Waals surface area contributed by atoms with E-state index in [9.17, 15) is 4.79 Å². The summed E-state index contributed by atoms with van der Waals surface area (Å²) < 4.78 is 11.4. The first-order valence-electron chi connectivity index (χ1n) is 10.3. The first kappa shape index (κ1) is 25.2. The molecule has 0 radical (unpaired) electrons. The molecule has 0 bridgehead atoms. The van der Waals surface area contributed by atoms with Gasteiger partial charge in [0.2, 0.25) is 5.91 Å². The van der Waals surface area contributed by atoms with Crippen LogP contribution in [0, 0.1) is 11.3 Å². The SMILES string of the molecule is COc1cc(C(C)NC(=O)C2CC23CCNCC3)ccc1OCc1ccncc1.Cl.Cl. The Morgan fingerprint density at radius 1 is 1.19 bits per heavy atom. The number of nitrogens with zero attached hydrogens (tertiary/aromatic N) is 1. The van der Waals surface area contributed by atoms with Crippen LogP contribution in [0.5, 0.6) is 11.5 Å². The van der Waals surface area contributed by atoms with Crippen LogP contribution in [0.2, 0.25) is 0 Å². The molecule has 2 heterocycles. The number of aromatic nitrogens is 1. The van der Waals surface area contributed by atoms with Crippen LogP contribution in [-0.4, -0.2) is 31.1 Å². The van der Waals surface area contributed by atoms with Crippen LogP contribution in [0.25, 0.3) is 0 Å². The van der Waals surface area contributed by atoms with Gasteiger partial charge in [0.1, 0.15) is 6.61 Å². The van der Waals surface area contributed by atoms with Gasteiger partial charge in [-0.1, -0.05) is 6.07 Å². The molecule has 2 unspecified atom stereocenters. The van der Waals surface area contributed by atoms with Gasteiger partial charge in [-0.15, -0.1) is 24.8 Å². The zero-order valence-electron chi connectivity index (χ0n) is 17.9. The summed E-state index contributed by atoms with van der Waals surface area (Å²) in [5.74, 6) is 1.69. The van der Waals surface area contributed by atoms with Crippen LogP contribution in [0.1, 0.15) is 43.4 Å². The number of pyridine rings is 1. The Labute approximate surface area is 196 Å². The predicted octanol–water partition coefficient (Wildman–Crippen LogP) is 4.08. The van der Waals surface area contributed by atoms with E-state index >= 15 is 0 Å². The number of methoxy groups -OCH3 is 1. The third-order valence-electron chi connectivity index (χ3n) is 6.30. The number of halogens is 2. The summed E-state index contributed by atoms with van der Waals surface area (Å²) >= 11 is 0. The molecule has 31 heavy (non-hydrogen) atoms. The molecule has 2 atom stereocenters. The number of ether oxygens (including phenoxy) is 2. The van der Waals surface area contributed by atoms with Crippen LogP contribution in [0.4, 0.5) is 0 Å². The maximum atomic E-state index is 12.8. The molecular formula is C23H31Cl2N3O3. The molecule has 6 nitrogen and oxygen atoms in total. The lowest BCUT2D eigenvalue weighted by Crippen LogP contribution is -2.34. The average Bonchev–Trinajstić information content (AvgIpc) is 3.46. The van der Waals surface area contributed by atoms with E-state index in [1.165, 1.54) is 0 Å². The quantitative estimate of drug-likeness (QED) is 0.641. The van der Waals surface area contributed by atoms with Gasteiger partial charge in [-0.25, -0.2) is 0 Å². The number of hydrogen-bond donors (Lipinski definition) is 2. The molecule has 8 heteroatoms. The molecule has 1 aromatic carbocycles. The van der Waals surface area contributed by atoms with Gasteiger partial charge in [0, 0.05) is 18.3 Å². The fourth-order valence-electron chi connectivity index (χ4n) is 4.31. The van der Waals surface area contributed by atoms with Crippen LogP contribution in [0.15, 0.2) is 42.7 Å². The Kier molecular flexibility index (Phi) is 8.98. The van der Waals surface area contributed by atoms with Crippen LogP contribution in [-0.2, 0) is 11.4 Å². The van der Waals surface area contributed by atoms with E-state index in [2.05, 4.69) is 15.6 Å². The minimum atomic E-state index is -0.0787. The molecule has 2 fully saturated rings. The van der Waals surface area contributed by atoms with Crippen LogP contribution < -0.4 is 20.1 Å². The minimum absolute atomic E-state index is 0. The zero-order chi connectivity index (χ0) is 20.3. The number of nitrogens with one attached hydrogen (secondary N) is 2. The van der Waals surface area contributed by atoms with E-state index in [-0.39, 0.29) is 48.1 Å². The van der Waals surface area contributed by atoms with Gasteiger partial charge in [0.25, 0.3) is 0 Å². The highest BCUT2D eigenvalue weighted by molar-refractivity contribution is 5.85. The molecule has 1 aliphatic carbocycles. The molecule has 2 aliphatic rings. The number of hydrogen-bond acceptors (Lipinski definition) is 5. The summed E-state index contributed by atoms with van der Waals surface area (Å²) in [7, 11) is 1.63. The second-order valence-corrected chi connectivity index (χ2v) is 8.15. The Morgan fingerprint density at radius 3 is 2.58 bits per heavy atom. The van der Waals surface area contributed by atoms with Crippen molar-refractivity contribution in [3.8, 4) is 11.5 Å². The second kappa shape index (κ2) is 11.0. The highest BCUT2D eigenvalue weighted by Gasteiger charge is 2.57. The number of piperidine rings is 1. The minimum Gasteiger partial charge on any atom is -0.493 e. The van der Waals surface area contributed by atoms with E-state index in [4.69, 9.17) is 9.47 Å². The molecule has 1 saturated heterocycles. The summed E-state index contributed by atoms with van der Waals surface area (Å²) in [6.45, 7) is 4.51. The summed E-state index contributed by atoms with van der Waals surface area (Å²) in [6, 6.07) is 9.60. The Bertz CT molecular complexity index is 860. The number of benzene rings is 1. The summed E-state index contributed by atoms with van der Waals surface area (Å²) in [4.78, 5) is 16.8. The van der Waals surface area contributed by atoms with Crippen LogP contribution in [0.3, 0.4) is 0 Å². The van der Waals surface area contributed by atoms with Gasteiger partial charge in [-0.2, -0.15) is 0 Å². The molecular weight excluding hydrogens is 437 g/mol. The topological polar surface area (TPSA) is 72.5 Å². The standard InChI is InChI=1S/C23H29N3O3.2ClH/c1-16(26-22(27)19-14-23(19)7-11-25-12-8-23)18-3-4-20(21(13-18)28-2)29-15-17-5-9-24-10-6-17;;/h3-6,9-10,13,16,19,25H,7-8,11-12,14-15H2,1-2H3,(H,26,27);2*1H. The third-order valence-corrected chi connectivity index (χ3v) is 6.30.